The lowest BCUT2D eigenvalue weighted by molar-refractivity contribution is -0.137. The van der Waals surface area contributed by atoms with Crippen LogP contribution in [-0.4, -0.2) is 69.0 Å². The molecule has 1 aromatic rings. The van der Waals surface area contributed by atoms with Crippen molar-refractivity contribution in [2.24, 2.45) is 5.92 Å². The van der Waals surface area contributed by atoms with Gasteiger partial charge in [0.05, 0.1) is 11.8 Å². The molecule has 3 rings (SSSR count). The molecular weight excluding hydrogens is 344 g/mol. The maximum absolute atomic E-state index is 12.5. The summed E-state index contributed by atoms with van der Waals surface area (Å²) in [6.45, 7) is 0.833. The van der Waals surface area contributed by atoms with E-state index in [4.69, 9.17) is 0 Å². The van der Waals surface area contributed by atoms with Crippen LogP contribution in [0.3, 0.4) is 0 Å². The van der Waals surface area contributed by atoms with E-state index >= 15 is 0 Å². The lowest BCUT2D eigenvalue weighted by Gasteiger charge is -2.31. The van der Waals surface area contributed by atoms with Crippen molar-refractivity contribution in [3.8, 4) is 0 Å². The van der Waals surface area contributed by atoms with Crippen molar-refractivity contribution in [2.45, 2.75) is 63.5 Å². The van der Waals surface area contributed by atoms with E-state index in [2.05, 4.69) is 9.97 Å². The molecule has 1 aromatic heterocycles. The van der Waals surface area contributed by atoms with Crippen molar-refractivity contribution in [3.63, 3.8) is 0 Å². The molecule has 2 aliphatic rings. The zero-order valence-corrected chi connectivity index (χ0v) is 16.1. The summed E-state index contributed by atoms with van der Waals surface area (Å²) in [5.74, 6) is -0.0431. The van der Waals surface area contributed by atoms with Gasteiger partial charge >= 0.3 is 0 Å². The summed E-state index contributed by atoms with van der Waals surface area (Å²) in [6, 6.07) is 0.325. The zero-order chi connectivity index (χ0) is 19.2. The molecule has 1 aliphatic carbocycles. The molecule has 2 unspecified atom stereocenters. The largest absolute Gasteiger partial charge is 0.391 e. The minimum absolute atomic E-state index is 0.0359. The Labute approximate surface area is 160 Å². The Morgan fingerprint density at radius 1 is 1.19 bits per heavy atom. The first kappa shape index (κ1) is 19.7. The van der Waals surface area contributed by atoms with E-state index < -0.39 is 6.10 Å². The summed E-state index contributed by atoms with van der Waals surface area (Å²) >= 11 is 0. The Bertz CT molecular complexity index is 633. The summed E-state index contributed by atoms with van der Waals surface area (Å²) in [7, 11) is 1.86. The first-order valence-electron chi connectivity index (χ1n) is 10.0. The highest BCUT2D eigenvalue weighted by Gasteiger charge is 2.34. The summed E-state index contributed by atoms with van der Waals surface area (Å²) in [5.41, 5.74) is 0.820. The molecule has 1 aliphatic heterocycles. The number of rotatable bonds is 6. The van der Waals surface area contributed by atoms with Crippen molar-refractivity contribution in [1.29, 1.82) is 0 Å². The molecule has 2 amide bonds. The Balaban J connectivity index is 1.44. The molecule has 0 bridgehead atoms. The monoisotopic (exact) mass is 374 g/mol. The van der Waals surface area contributed by atoms with Gasteiger partial charge in [-0.15, -0.1) is 0 Å². The molecule has 7 heteroatoms. The summed E-state index contributed by atoms with van der Waals surface area (Å²) in [6.07, 6.45) is 11.2. The van der Waals surface area contributed by atoms with E-state index in [0.29, 0.717) is 25.6 Å². The van der Waals surface area contributed by atoms with Crippen LogP contribution in [0.4, 0.5) is 0 Å². The van der Waals surface area contributed by atoms with Gasteiger partial charge in [-0.3, -0.25) is 19.6 Å². The Kier molecular flexibility index (Phi) is 6.77. The van der Waals surface area contributed by atoms with E-state index in [9.17, 15) is 14.7 Å². The van der Waals surface area contributed by atoms with Crippen LogP contribution >= 0.6 is 0 Å². The smallest absolute Gasteiger partial charge is 0.223 e. The molecular formula is C20H30N4O3. The topological polar surface area (TPSA) is 86.6 Å². The van der Waals surface area contributed by atoms with Crippen molar-refractivity contribution in [1.82, 2.24) is 19.8 Å². The predicted molar refractivity (Wildman–Crippen MR) is 101 cm³/mol. The number of aliphatic hydroxyl groups excluding tert-OH is 1. The van der Waals surface area contributed by atoms with Gasteiger partial charge < -0.3 is 14.9 Å². The zero-order valence-electron chi connectivity index (χ0n) is 16.1. The maximum Gasteiger partial charge on any atom is 0.223 e. The lowest BCUT2D eigenvalue weighted by atomic mass is 9.94. The van der Waals surface area contributed by atoms with Gasteiger partial charge in [-0.05, 0) is 19.3 Å². The lowest BCUT2D eigenvalue weighted by Crippen LogP contribution is -2.39. The Hall–Kier alpha value is -2.02. The number of nitrogens with zero attached hydrogens (tertiary/aromatic N) is 4. The van der Waals surface area contributed by atoms with Gasteiger partial charge in [-0.1, -0.05) is 19.3 Å². The number of carbonyl (C=O) groups is 2. The van der Waals surface area contributed by atoms with E-state index in [1.165, 1.54) is 19.3 Å². The quantitative estimate of drug-likeness (QED) is 0.814. The van der Waals surface area contributed by atoms with Crippen molar-refractivity contribution < 1.29 is 14.7 Å². The number of aliphatic hydroxyl groups is 1. The molecule has 1 saturated carbocycles. The average molecular weight is 374 g/mol. The third-order valence-corrected chi connectivity index (χ3v) is 5.92. The predicted octanol–water partition coefficient (Wildman–Crippen LogP) is 1.41. The second-order valence-electron chi connectivity index (χ2n) is 7.82. The van der Waals surface area contributed by atoms with Crippen LogP contribution < -0.4 is 0 Å². The summed E-state index contributed by atoms with van der Waals surface area (Å²) in [4.78, 5) is 36.7. The summed E-state index contributed by atoms with van der Waals surface area (Å²) < 4.78 is 0. The van der Waals surface area contributed by atoms with Gasteiger partial charge in [0.25, 0.3) is 0 Å². The fourth-order valence-electron chi connectivity index (χ4n) is 4.18. The third-order valence-electron chi connectivity index (χ3n) is 5.92. The van der Waals surface area contributed by atoms with Crippen LogP contribution in [0.25, 0.3) is 0 Å². The number of aromatic nitrogens is 2. The third kappa shape index (κ3) is 5.25. The highest BCUT2D eigenvalue weighted by Crippen LogP contribution is 2.23. The molecule has 2 atom stereocenters. The highest BCUT2D eigenvalue weighted by molar-refractivity contribution is 5.84. The van der Waals surface area contributed by atoms with Crippen molar-refractivity contribution in [2.75, 3.05) is 20.1 Å². The molecule has 2 fully saturated rings. The number of hydrogen-bond donors (Lipinski definition) is 1. The standard InChI is InChI=1S/C20H30N4O3/c1-23(17-5-3-2-4-6-17)19(26)7-8-20(27)24-13-15(18(25)14-24)11-16-12-21-9-10-22-16/h9-10,12,15,17-18,25H,2-8,11,13-14H2,1H3. The van der Waals surface area contributed by atoms with E-state index in [1.54, 1.807) is 23.5 Å². The molecule has 148 valence electrons. The van der Waals surface area contributed by atoms with E-state index in [-0.39, 0.29) is 30.6 Å². The average Bonchev–Trinajstić information content (AvgIpc) is 3.07. The second-order valence-corrected chi connectivity index (χ2v) is 7.82. The normalized spacial score (nSPS) is 23.4. The van der Waals surface area contributed by atoms with Gasteiger partial charge in [-0.25, -0.2) is 0 Å². The minimum atomic E-state index is -0.559. The maximum atomic E-state index is 12.5. The van der Waals surface area contributed by atoms with E-state index in [1.807, 2.05) is 11.9 Å². The van der Waals surface area contributed by atoms with Crippen molar-refractivity contribution in [3.05, 3.63) is 24.3 Å². The fourth-order valence-corrected chi connectivity index (χ4v) is 4.18. The van der Waals surface area contributed by atoms with Crippen LogP contribution in [0.15, 0.2) is 18.6 Å². The molecule has 1 saturated heterocycles. The van der Waals surface area contributed by atoms with Gasteiger partial charge in [0, 0.05) is 63.5 Å². The molecule has 7 nitrogen and oxygen atoms in total. The van der Waals surface area contributed by atoms with Crippen LogP contribution in [0.5, 0.6) is 0 Å². The number of hydrogen-bond acceptors (Lipinski definition) is 5. The van der Waals surface area contributed by atoms with Gasteiger partial charge in [0.2, 0.25) is 11.8 Å². The fraction of sp³-hybridized carbons (Fsp3) is 0.700. The highest BCUT2D eigenvalue weighted by atomic mass is 16.3. The molecule has 27 heavy (non-hydrogen) atoms. The minimum Gasteiger partial charge on any atom is -0.391 e. The van der Waals surface area contributed by atoms with E-state index in [0.717, 1.165) is 18.5 Å². The SMILES string of the molecule is CN(C(=O)CCC(=O)N1CC(O)C(Cc2cnccn2)C1)C1CCCCC1. The van der Waals surface area contributed by atoms with Crippen molar-refractivity contribution >= 4 is 11.8 Å². The van der Waals surface area contributed by atoms with Crippen LogP contribution in [0.1, 0.15) is 50.6 Å². The van der Waals surface area contributed by atoms with Gasteiger partial charge in [0.15, 0.2) is 0 Å². The first-order chi connectivity index (χ1) is 13.0. The molecule has 0 spiro atoms. The van der Waals surface area contributed by atoms with Crippen LogP contribution in [0.2, 0.25) is 0 Å². The molecule has 1 N–H and O–H groups in total. The first-order valence-corrected chi connectivity index (χ1v) is 10.0. The van der Waals surface area contributed by atoms with Crippen LogP contribution in [-0.2, 0) is 16.0 Å². The molecule has 2 heterocycles. The number of β-amino-alcohol motifs (C(OH)–C–C–N with tert-alkyl or cyclic N) is 1. The number of carbonyl (C=O) groups excluding carboxylic acids is 2. The Morgan fingerprint density at radius 2 is 1.96 bits per heavy atom. The molecule has 0 radical (unpaired) electrons. The number of likely N-dealkylation sites (tertiary alicyclic amines) is 1. The van der Waals surface area contributed by atoms with Crippen LogP contribution in [0, 0.1) is 5.92 Å². The Morgan fingerprint density at radius 3 is 2.67 bits per heavy atom. The summed E-state index contributed by atoms with van der Waals surface area (Å²) in [5, 5.41) is 10.3. The second kappa shape index (κ2) is 9.26. The van der Waals surface area contributed by atoms with Gasteiger partial charge in [-0.2, -0.15) is 0 Å². The number of amides is 2. The van der Waals surface area contributed by atoms with Gasteiger partial charge in [0.1, 0.15) is 0 Å². The molecule has 0 aromatic carbocycles.